The van der Waals surface area contributed by atoms with Crippen molar-refractivity contribution in [3.05, 3.63) is 41.4 Å². The maximum atomic E-state index is 13.6. The Kier molecular flexibility index (Phi) is 7.70. The van der Waals surface area contributed by atoms with Crippen LogP contribution < -0.4 is 11.1 Å². The average Bonchev–Trinajstić information content (AvgIpc) is 3.13. The Morgan fingerprint density at radius 2 is 1.96 bits per heavy atom. The van der Waals surface area contributed by atoms with Crippen LogP contribution in [0.1, 0.15) is 18.4 Å². The first-order valence-corrected chi connectivity index (χ1v) is 10.3. The summed E-state index contributed by atoms with van der Waals surface area (Å²) in [6, 6.07) is 4.31. The zero-order valence-electron chi connectivity index (χ0n) is 14.6. The zero-order chi connectivity index (χ0) is 20.8. The monoisotopic (exact) mass is 435 g/mol. The lowest BCUT2D eigenvalue weighted by Gasteiger charge is -2.31. The molecule has 0 amide bonds. The van der Waals surface area contributed by atoms with Gasteiger partial charge >= 0.3 is 12.1 Å². The Balaban J connectivity index is 2.00. The first kappa shape index (κ1) is 22.5. The summed E-state index contributed by atoms with van der Waals surface area (Å²) in [5.41, 5.74) is 2.66. The summed E-state index contributed by atoms with van der Waals surface area (Å²) in [7, 11) is 0. The summed E-state index contributed by atoms with van der Waals surface area (Å²) < 4.78 is 40.7. The lowest BCUT2D eigenvalue weighted by atomic mass is 9.90. The molecule has 0 spiro atoms. The van der Waals surface area contributed by atoms with Crippen LogP contribution in [0.25, 0.3) is 0 Å². The Bertz CT molecular complexity index is 757. The average molecular weight is 435 g/mol. The molecule has 0 saturated heterocycles. The van der Waals surface area contributed by atoms with Gasteiger partial charge < -0.3 is 21.3 Å². The summed E-state index contributed by atoms with van der Waals surface area (Å²) in [6.07, 6.45) is -3.66. The lowest BCUT2D eigenvalue weighted by molar-refractivity contribution is -0.267. The van der Waals surface area contributed by atoms with Crippen molar-refractivity contribution in [1.82, 2.24) is 4.98 Å². The number of rotatable bonds is 10. The predicted octanol–water partition coefficient (Wildman–Crippen LogP) is 3.56. The van der Waals surface area contributed by atoms with Crippen LogP contribution in [0, 0.1) is 0 Å². The van der Waals surface area contributed by atoms with Gasteiger partial charge in [-0.1, -0.05) is 12.1 Å². The molecule has 1 aromatic heterocycles. The molecule has 28 heavy (non-hydrogen) atoms. The van der Waals surface area contributed by atoms with Gasteiger partial charge in [-0.2, -0.15) is 24.9 Å². The molecule has 5 N–H and O–H groups in total. The van der Waals surface area contributed by atoms with Crippen LogP contribution in [0.15, 0.2) is 35.8 Å². The van der Waals surface area contributed by atoms with Gasteiger partial charge in [0.25, 0.3) is 0 Å². The number of aliphatic carboxylic acids is 1. The summed E-state index contributed by atoms with van der Waals surface area (Å²) in [5.74, 6) is -0.863. The third-order valence-corrected chi connectivity index (χ3v) is 5.72. The van der Waals surface area contributed by atoms with Crippen molar-refractivity contribution in [2.75, 3.05) is 16.8 Å². The summed E-state index contributed by atoms with van der Waals surface area (Å²) in [4.78, 5) is 14.7. The molecular weight excluding hydrogens is 415 g/mol. The van der Waals surface area contributed by atoms with E-state index in [-0.39, 0.29) is 23.5 Å². The van der Waals surface area contributed by atoms with Gasteiger partial charge in [0.15, 0.2) is 10.7 Å². The number of hydrogen-bond donors (Lipinski definition) is 4. The number of carbonyl (C=O) groups is 1. The van der Waals surface area contributed by atoms with E-state index in [4.69, 9.17) is 10.8 Å². The second kappa shape index (κ2) is 9.59. The Morgan fingerprint density at radius 1 is 1.29 bits per heavy atom. The quantitative estimate of drug-likeness (QED) is 0.423. The molecule has 0 fully saturated rings. The Morgan fingerprint density at radius 3 is 2.50 bits per heavy atom. The number of hydrogen-bond acceptors (Lipinski definition) is 7. The number of alkyl halides is 3. The number of aliphatic hydroxyl groups is 1. The van der Waals surface area contributed by atoms with Gasteiger partial charge in [0.2, 0.25) is 0 Å². The van der Waals surface area contributed by atoms with Crippen molar-refractivity contribution in [2.24, 2.45) is 5.73 Å². The van der Waals surface area contributed by atoms with E-state index in [0.717, 1.165) is 11.8 Å². The van der Waals surface area contributed by atoms with Gasteiger partial charge in [-0.3, -0.25) is 4.79 Å². The third kappa shape index (κ3) is 5.84. The fourth-order valence-corrected chi connectivity index (χ4v) is 3.96. The molecule has 2 unspecified atom stereocenters. The van der Waals surface area contributed by atoms with Crippen LogP contribution in [-0.2, 0) is 10.4 Å². The molecule has 0 saturated carbocycles. The standard InChI is InChI=1S/C17H20F3N3O3S2/c18-17(19,20)16(26,6-9-27-8-5-13(21)14(24)25)11-1-3-12(4-2-11)23-15-22-7-10-28-15/h1-4,7,10,13,26H,5-6,8-9,21H2,(H,22,23)(H,24,25). The number of carboxylic acids is 1. The molecule has 2 aromatic rings. The van der Waals surface area contributed by atoms with Crippen molar-refractivity contribution in [2.45, 2.75) is 30.7 Å². The van der Waals surface area contributed by atoms with Gasteiger partial charge in [-0.05, 0) is 42.0 Å². The molecule has 1 heterocycles. The number of thiazole rings is 1. The Labute approximate surface area is 168 Å². The second-order valence-electron chi connectivity index (χ2n) is 5.99. The number of anilines is 2. The highest BCUT2D eigenvalue weighted by Gasteiger charge is 2.54. The van der Waals surface area contributed by atoms with E-state index in [0.29, 0.717) is 10.8 Å². The lowest BCUT2D eigenvalue weighted by Crippen LogP contribution is -2.42. The summed E-state index contributed by atoms with van der Waals surface area (Å²) in [5, 5.41) is 24.4. The molecule has 1 aromatic carbocycles. The maximum absolute atomic E-state index is 13.6. The minimum Gasteiger partial charge on any atom is -0.480 e. The molecule has 11 heteroatoms. The van der Waals surface area contributed by atoms with E-state index >= 15 is 0 Å². The van der Waals surface area contributed by atoms with Crippen molar-refractivity contribution in [1.29, 1.82) is 0 Å². The van der Waals surface area contributed by atoms with E-state index in [1.165, 1.54) is 35.6 Å². The zero-order valence-corrected chi connectivity index (χ0v) is 16.3. The Hall–Kier alpha value is -1.82. The number of halogens is 3. The molecule has 0 aliphatic heterocycles. The molecule has 6 nitrogen and oxygen atoms in total. The van der Waals surface area contributed by atoms with E-state index in [2.05, 4.69) is 10.3 Å². The SMILES string of the molecule is NC(CCSCCC(O)(c1ccc(Nc2nccs2)cc1)C(F)(F)F)C(=O)O. The molecule has 2 rings (SSSR count). The number of nitrogens with two attached hydrogens (primary N) is 1. The highest BCUT2D eigenvalue weighted by Crippen LogP contribution is 2.42. The van der Waals surface area contributed by atoms with Gasteiger partial charge in [-0.15, -0.1) is 11.3 Å². The third-order valence-electron chi connectivity index (χ3n) is 4.01. The van der Waals surface area contributed by atoms with Crippen LogP contribution in [-0.4, -0.2) is 44.9 Å². The van der Waals surface area contributed by atoms with E-state index < -0.39 is 30.2 Å². The fraction of sp³-hybridized carbons (Fsp3) is 0.412. The van der Waals surface area contributed by atoms with Crippen molar-refractivity contribution >= 4 is 39.9 Å². The molecule has 0 aliphatic carbocycles. The highest BCUT2D eigenvalue weighted by atomic mass is 32.2. The molecule has 2 atom stereocenters. The maximum Gasteiger partial charge on any atom is 0.421 e. The first-order chi connectivity index (χ1) is 13.1. The first-order valence-electron chi connectivity index (χ1n) is 8.26. The molecule has 0 bridgehead atoms. The number of nitrogens with zero attached hydrogens (tertiary/aromatic N) is 1. The number of nitrogens with one attached hydrogen (secondary N) is 1. The van der Waals surface area contributed by atoms with E-state index in [9.17, 15) is 23.1 Å². The van der Waals surface area contributed by atoms with Crippen molar-refractivity contribution in [3.8, 4) is 0 Å². The van der Waals surface area contributed by atoms with Crippen molar-refractivity contribution in [3.63, 3.8) is 0 Å². The van der Waals surface area contributed by atoms with Gasteiger partial charge in [-0.25, -0.2) is 4.98 Å². The van der Waals surface area contributed by atoms with E-state index in [1.807, 2.05) is 0 Å². The number of aromatic nitrogens is 1. The summed E-state index contributed by atoms with van der Waals surface area (Å²) >= 11 is 2.47. The minimum absolute atomic E-state index is 0.00145. The van der Waals surface area contributed by atoms with Gasteiger partial charge in [0, 0.05) is 17.3 Å². The van der Waals surface area contributed by atoms with Crippen LogP contribution in [0.5, 0.6) is 0 Å². The normalized spacial score (nSPS) is 15.0. The van der Waals surface area contributed by atoms with Crippen LogP contribution >= 0.6 is 23.1 Å². The van der Waals surface area contributed by atoms with Crippen molar-refractivity contribution < 1.29 is 28.2 Å². The predicted molar refractivity (Wildman–Crippen MR) is 104 cm³/mol. The molecule has 0 aliphatic rings. The molecular formula is C17H20F3N3O3S2. The van der Waals surface area contributed by atoms with E-state index in [1.54, 1.807) is 11.6 Å². The second-order valence-corrected chi connectivity index (χ2v) is 8.11. The number of thioether (sulfide) groups is 1. The van der Waals surface area contributed by atoms with Gasteiger partial charge in [0.1, 0.15) is 6.04 Å². The topological polar surface area (TPSA) is 108 Å². The number of benzene rings is 1. The molecule has 0 radical (unpaired) electrons. The number of carboxylic acid groups (broad SMARTS) is 1. The summed E-state index contributed by atoms with van der Waals surface area (Å²) in [6.45, 7) is 0. The van der Waals surface area contributed by atoms with Crippen LogP contribution in [0.3, 0.4) is 0 Å². The fourth-order valence-electron chi connectivity index (χ4n) is 2.34. The highest BCUT2D eigenvalue weighted by molar-refractivity contribution is 7.99. The van der Waals surface area contributed by atoms with Gasteiger partial charge in [0.05, 0.1) is 0 Å². The molecule has 154 valence electrons. The minimum atomic E-state index is -4.85. The van der Waals surface area contributed by atoms with Crippen LogP contribution in [0.4, 0.5) is 24.0 Å². The smallest absolute Gasteiger partial charge is 0.421 e. The van der Waals surface area contributed by atoms with Crippen LogP contribution in [0.2, 0.25) is 0 Å². The largest absolute Gasteiger partial charge is 0.480 e.